The van der Waals surface area contributed by atoms with Crippen LogP contribution in [0.5, 0.6) is 5.75 Å². The summed E-state index contributed by atoms with van der Waals surface area (Å²) in [6.07, 6.45) is 6.72. The Balaban J connectivity index is 1.63. The number of hydrogen-bond acceptors (Lipinski definition) is 4. The average Bonchev–Trinajstić information content (AvgIpc) is 3.21. The van der Waals surface area contributed by atoms with Gasteiger partial charge in [-0.3, -0.25) is 0 Å². The fraction of sp³-hybridized carbons (Fsp3) is 0.476. The topological polar surface area (TPSA) is 40.9 Å². The molecular formula is C21H28ClN3O2S. The first-order valence-electron chi connectivity index (χ1n) is 9.80. The van der Waals surface area contributed by atoms with Gasteiger partial charge in [-0.05, 0) is 81.4 Å². The third-order valence-electron chi connectivity index (χ3n) is 4.97. The molecule has 0 bridgehead atoms. The number of ether oxygens (including phenoxy) is 1. The Morgan fingerprint density at radius 3 is 2.82 bits per heavy atom. The van der Waals surface area contributed by atoms with Crippen LogP contribution in [0.4, 0.5) is 5.69 Å². The summed E-state index contributed by atoms with van der Waals surface area (Å²) in [5, 5.41) is 4.56. The van der Waals surface area contributed by atoms with E-state index in [-0.39, 0.29) is 0 Å². The summed E-state index contributed by atoms with van der Waals surface area (Å²) >= 11 is 11.9. The standard InChI is InChI=1S/C21H28ClN3O2S/c1-26-20-9-8-17(22)15-19(20)23-21(28)25(16-18-7-5-14-27-18)13-6-12-24-10-3-2-4-11-24/h5,7-9,14-15H,2-4,6,10-13,16H2,1H3,(H,23,28). The zero-order valence-corrected chi connectivity index (χ0v) is 17.9. The average molecular weight is 422 g/mol. The normalized spacial score (nSPS) is 14.6. The van der Waals surface area contributed by atoms with Crippen LogP contribution >= 0.6 is 23.8 Å². The van der Waals surface area contributed by atoms with E-state index in [1.54, 1.807) is 19.4 Å². The van der Waals surface area contributed by atoms with E-state index >= 15 is 0 Å². The number of likely N-dealkylation sites (tertiary alicyclic amines) is 1. The molecule has 0 amide bonds. The van der Waals surface area contributed by atoms with Crippen LogP contribution in [0.2, 0.25) is 5.02 Å². The molecule has 152 valence electrons. The number of methoxy groups -OCH3 is 1. The minimum Gasteiger partial charge on any atom is -0.495 e. The summed E-state index contributed by atoms with van der Waals surface area (Å²) in [5.74, 6) is 1.60. The lowest BCUT2D eigenvalue weighted by Crippen LogP contribution is -2.37. The van der Waals surface area contributed by atoms with E-state index in [0.29, 0.717) is 22.4 Å². The minimum absolute atomic E-state index is 0.627. The van der Waals surface area contributed by atoms with Gasteiger partial charge in [-0.25, -0.2) is 0 Å². The predicted molar refractivity (Wildman–Crippen MR) is 118 cm³/mol. The van der Waals surface area contributed by atoms with Crippen LogP contribution in [0, 0.1) is 0 Å². The van der Waals surface area contributed by atoms with E-state index in [4.69, 9.17) is 33.0 Å². The van der Waals surface area contributed by atoms with Crippen molar-refractivity contribution < 1.29 is 9.15 Å². The van der Waals surface area contributed by atoms with Crippen LogP contribution in [0.1, 0.15) is 31.4 Å². The Morgan fingerprint density at radius 1 is 1.29 bits per heavy atom. The van der Waals surface area contributed by atoms with E-state index in [9.17, 15) is 0 Å². The zero-order valence-electron chi connectivity index (χ0n) is 16.3. The molecular weight excluding hydrogens is 394 g/mol. The maximum atomic E-state index is 6.15. The van der Waals surface area contributed by atoms with E-state index in [1.165, 1.54) is 32.4 Å². The molecule has 1 aromatic carbocycles. The molecule has 1 aromatic heterocycles. The smallest absolute Gasteiger partial charge is 0.173 e. The molecule has 1 aliphatic heterocycles. The molecule has 3 rings (SSSR count). The second-order valence-corrected chi connectivity index (χ2v) is 7.85. The summed E-state index contributed by atoms with van der Waals surface area (Å²) in [6, 6.07) is 9.33. The molecule has 0 atom stereocenters. The number of hydrogen-bond donors (Lipinski definition) is 1. The van der Waals surface area contributed by atoms with E-state index in [0.717, 1.165) is 31.0 Å². The zero-order chi connectivity index (χ0) is 19.8. The SMILES string of the molecule is COc1ccc(Cl)cc1NC(=S)N(CCCN1CCCCC1)Cc1ccco1. The Bertz CT molecular complexity index is 748. The molecule has 0 saturated carbocycles. The van der Waals surface area contributed by atoms with Gasteiger partial charge in [0.05, 0.1) is 25.6 Å². The summed E-state index contributed by atoms with van der Waals surface area (Å²) < 4.78 is 11.0. The quantitative estimate of drug-likeness (QED) is 0.604. The highest BCUT2D eigenvalue weighted by Crippen LogP contribution is 2.28. The number of nitrogens with one attached hydrogen (secondary N) is 1. The molecule has 0 aliphatic carbocycles. The lowest BCUT2D eigenvalue weighted by Gasteiger charge is -2.29. The largest absolute Gasteiger partial charge is 0.495 e. The van der Waals surface area contributed by atoms with E-state index < -0.39 is 0 Å². The maximum absolute atomic E-state index is 6.15. The first kappa shape index (κ1) is 21.0. The van der Waals surface area contributed by atoms with Crippen molar-refractivity contribution in [3.8, 4) is 5.75 Å². The number of halogens is 1. The van der Waals surface area contributed by atoms with Gasteiger partial charge in [0.2, 0.25) is 0 Å². The first-order chi connectivity index (χ1) is 13.7. The van der Waals surface area contributed by atoms with E-state index in [2.05, 4.69) is 15.1 Å². The molecule has 1 fully saturated rings. The van der Waals surface area contributed by atoms with Crippen LogP contribution < -0.4 is 10.1 Å². The van der Waals surface area contributed by atoms with Crippen molar-refractivity contribution in [1.82, 2.24) is 9.80 Å². The van der Waals surface area contributed by atoms with Crippen LogP contribution in [0.25, 0.3) is 0 Å². The summed E-state index contributed by atoms with van der Waals surface area (Å²) in [5.41, 5.74) is 0.764. The second-order valence-electron chi connectivity index (χ2n) is 7.03. The molecule has 1 saturated heterocycles. The van der Waals surface area contributed by atoms with Gasteiger partial charge in [-0.2, -0.15) is 0 Å². The van der Waals surface area contributed by atoms with Gasteiger partial charge in [-0.1, -0.05) is 18.0 Å². The van der Waals surface area contributed by atoms with Crippen molar-refractivity contribution in [1.29, 1.82) is 0 Å². The Kier molecular flexibility index (Phi) is 8.01. The number of benzene rings is 1. The van der Waals surface area contributed by atoms with Crippen LogP contribution in [0.3, 0.4) is 0 Å². The lowest BCUT2D eigenvalue weighted by atomic mass is 10.1. The van der Waals surface area contributed by atoms with Crippen LogP contribution in [0.15, 0.2) is 41.0 Å². The summed E-state index contributed by atoms with van der Waals surface area (Å²) in [4.78, 5) is 4.68. The van der Waals surface area contributed by atoms with Crippen LogP contribution in [-0.2, 0) is 6.54 Å². The van der Waals surface area contributed by atoms with Gasteiger partial charge in [0.25, 0.3) is 0 Å². The van der Waals surface area contributed by atoms with Gasteiger partial charge in [0, 0.05) is 11.6 Å². The van der Waals surface area contributed by atoms with Gasteiger partial charge < -0.3 is 24.3 Å². The lowest BCUT2D eigenvalue weighted by molar-refractivity contribution is 0.217. The fourth-order valence-corrected chi connectivity index (χ4v) is 3.92. The number of furan rings is 1. The number of piperidine rings is 1. The van der Waals surface area contributed by atoms with Crippen molar-refractivity contribution in [3.63, 3.8) is 0 Å². The number of rotatable bonds is 8. The summed E-state index contributed by atoms with van der Waals surface area (Å²) in [7, 11) is 1.64. The van der Waals surface area contributed by atoms with Crippen LogP contribution in [-0.4, -0.2) is 48.2 Å². The van der Waals surface area contributed by atoms with Crippen molar-refractivity contribution >= 4 is 34.6 Å². The monoisotopic (exact) mass is 421 g/mol. The highest BCUT2D eigenvalue weighted by molar-refractivity contribution is 7.80. The molecule has 0 radical (unpaired) electrons. The highest BCUT2D eigenvalue weighted by Gasteiger charge is 2.16. The van der Waals surface area contributed by atoms with Crippen molar-refractivity contribution in [3.05, 3.63) is 47.4 Å². The predicted octanol–water partition coefficient (Wildman–Crippen LogP) is 5.02. The number of thiocarbonyl (C=S) groups is 1. The van der Waals surface area contributed by atoms with Gasteiger partial charge >= 0.3 is 0 Å². The Morgan fingerprint density at radius 2 is 2.11 bits per heavy atom. The van der Waals surface area contributed by atoms with Crippen molar-refractivity contribution in [2.24, 2.45) is 0 Å². The molecule has 5 nitrogen and oxygen atoms in total. The van der Waals surface area contributed by atoms with Gasteiger partial charge in [0.15, 0.2) is 5.11 Å². The van der Waals surface area contributed by atoms with Gasteiger partial charge in [0.1, 0.15) is 11.5 Å². The molecule has 0 spiro atoms. The third-order valence-corrected chi connectivity index (χ3v) is 5.56. The highest BCUT2D eigenvalue weighted by atomic mass is 35.5. The molecule has 1 aliphatic rings. The second kappa shape index (κ2) is 10.7. The maximum Gasteiger partial charge on any atom is 0.173 e. The number of nitrogens with zero attached hydrogens (tertiary/aromatic N) is 2. The molecule has 2 heterocycles. The Labute approximate surface area is 177 Å². The molecule has 1 N–H and O–H groups in total. The van der Waals surface area contributed by atoms with Crippen molar-refractivity contribution in [2.75, 3.05) is 38.6 Å². The molecule has 7 heteroatoms. The third kappa shape index (κ3) is 6.12. The minimum atomic E-state index is 0.627. The Hall–Kier alpha value is -1.76. The summed E-state index contributed by atoms with van der Waals surface area (Å²) in [6.45, 7) is 4.99. The molecule has 2 aromatic rings. The number of anilines is 1. The van der Waals surface area contributed by atoms with Crippen molar-refractivity contribution in [2.45, 2.75) is 32.2 Å². The molecule has 28 heavy (non-hydrogen) atoms. The van der Waals surface area contributed by atoms with Gasteiger partial charge in [-0.15, -0.1) is 0 Å². The fourth-order valence-electron chi connectivity index (χ4n) is 3.48. The van der Waals surface area contributed by atoms with E-state index in [1.807, 2.05) is 24.3 Å². The first-order valence-corrected chi connectivity index (χ1v) is 10.6. The molecule has 0 unspecified atom stereocenters.